The number of hydrogen-bond donors (Lipinski definition) is 1. The second-order valence-corrected chi connectivity index (χ2v) is 11.7. The van der Waals surface area contributed by atoms with Crippen molar-refractivity contribution < 1.29 is 19.0 Å². The molecule has 1 amide bonds. The Morgan fingerprint density at radius 1 is 1.24 bits per heavy atom. The van der Waals surface area contributed by atoms with Gasteiger partial charge in [-0.15, -0.1) is 0 Å². The number of aliphatic hydroxyl groups is 1. The van der Waals surface area contributed by atoms with Crippen LogP contribution >= 0.6 is 11.3 Å². The molecule has 1 atom stereocenters. The SMILES string of the molecule is CCc1nn2c(C)cc(N3CCN(C(=O)C4(O)CCOC4)CC3)cc2c1N(C)c1nc(-c2ccc(F)cc2)c(C#N)s1. The Morgan fingerprint density at radius 3 is 2.62 bits per heavy atom. The summed E-state index contributed by atoms with van der Waals surface area (Å²) in [5.74, 6) is -0.595. The Hall–Kier alpha value is -4.05. The Balaban J connectivity index is 1.31. The molecule has 0 radical (unpaired) electrons. The van der Waals surface area contributed by atoms with E-state index in [9.17, 15) is 19.6 Å². The van der Waals surface area contributed by atoms with Gasteiger partial charge in [-0.3, -0.25) is 4.79 Å². The first-order valence-corrected chi connectivity index (χ1v) is 14.8. The van der Waals surface area contributed by atoms with Crippen LogP contribution in [-0.4, -0.2) is 82.6 Å². The molecule has 2 aliphatic rings. The molecule has 10 nitrogen and oxygen atoms in total. The number of aromatic nitrogens is 3. The summed E-state index contributed by atoms with van der Waals surface area (Å²) < 4.78 is 20.7. The number of amides is 1. The molecule has 3 aromatic heterocycles. The van der Waals surface area contributed by atoms with Crippen LogP contribution in [0.25, 0.3) is 16.8 Å². The lowest BCUT2D eigenvalue weighted by Gasteiger charge is -2.38. The first-order valence-electron chi connectivity index (χ1n) is 14.0. The first kappa shape index (κ1) is 28.1. The Labute approximate surface area is 247 Å². The van der Waals surface area contributed by atoms with E-state index in [4.69, 9.17) is 14.8 Å². The largest absolute Gasteiger partial charge is 0.378 e. The van der Waals surface area contributed by atoms with Crippen LogP contribution in [-0.2, 0) is 16.0 Å². The lowest BCUT2D eigenvalue weighted by atomic mass is 10.0. The number of nitriles is 1. The van der Waals surface area contributed by atoms with Gasteiger partial charge in [0.2, 0.25) is 0 Å². The molecule has 4 aromatic rings. The van der Waals surface area contributed by atoms with Crippen LogP contribution in [0, 0.1) is 24.1 Å². The van der Waals surface area contributed by atoms with E-state index in [0.29, 0.717) is 66.9 Å². The third kappa shape index (κ3) is 4.87. The zero-order chi connectivity index (χ0) is 29.6. The summed E-state index contributed by atoms with van der Waals surface area (Å²) in [7, 11) is 1.93. The highest BCUT2D eigenvalue weighted by Crippen LogP contribution is 2.39. The van der Waals surface area contributed by atoms with Gasteiger partial charge >= 0.3 is 0 Å². The van der Waals surface area contributed by atoms with Crippen molar-refractivity contribution in [1.29, 1.82) is 5.26 Å². The third-order valence-electron chi connectivity index (χ3n) is 8.06. The number of ether oxygens (including phenoxy) is 1. The zero-order valence-electron chi connectivity index (χ0n) is 23.8. The minimum atomic E-state index is -1.41. The summed E-state index contributed by atoms with van der Waals surface area (Å²) in [5, 5.41) is 26.1. The van der Waals surface area contributed by atoms with Gasteiger partial charge in [-0.2, -0.15) is 10.4 Å². The van der Waals surface area contributed by atoms with Gasteiger partial charge < -0.3 is 24.5 Å². The number of anilines is 3. The predicted octanol–water partition coefficient (Wildman–Crippen LogP) is 3.91. The number of carbonyl (C=O) groups excluding carboxylic acids is 1. The minimum absolute atomic E-state index is 0.0551. The van der Waals surface area contributed by atoms with Crippen molar-refractivity contribution in [1.82, 2.24) is 19.5 Å². The molecule has 0 spiro atoms. The number of piperazine rings is 1. The fourth-order valence-electron chi connectivity index (χ4n) is 5.72. The molecule has 0 aliphatic carbocycles. The van der Waals surface area contributed by atoms with E-state index in [1.54, 1.807) is 17.0 Å². The Kier molecular flexibility index (Phi) is 7.34. The Bertz CT molecular complexity index is 1680. The molecule has 1 unspecified atom stereocenters. The maximum absolute atomic E-state index is 13.5. The maximum atomic E-state index is 13.5. The van der Waals surface area contributed by atoms with Crippen LogP contribution in [0.15, 0.2) is 36.4 Å². The van der Waals surface area contributed by atoms with E-state index < -0.39 is 5.60 Å². The zero-order valence-corrected chi connectivity index (χ0v) is 24.6. The van der Waals surface area contributed by atoms with Crippen LogP contribution in [0.4, 0.5) is 20.9 Å². The van der Waals surface area contributed by atoms with Crippen LogP contribution in [0.1, 0.15) is 29.6 Å². The molecule has 0 saturated carbocycles. The van der Waals surface area contributed by atoms with E-state index in [-0.39, 0.29) is 18.3 Å². The molecule has 42 heavy (non-hydrogen) atoms. The molecule has 2 saturated heterocycles. The van der Waals surface area contributed by atoms with Gasteiger partial charge in [-0.25, -0.2) is 13.9 Å². The summed E-state index contributed by atoms with van der Waals surface area (Å²) in [6, 6.07) is 12.5. The smallest absolute Gasteiger partial charge is 0.257 e. The second kappa shape index (κ2) is 11.0. The fraction of sp³-hybridized carbons (Fsp3) is 0.400. The number of carbonyl (C=O) groups is 1. The minimum Gasteiger partial charge on any atom is -0.378 e. The molecule has 5 heterocycles. The van der Waals surface area contributed by atoms with E-state index in [1.807, 2.05) is 23.4 Å². The number of benzene rings is 1. The monoisotopic (exact) mass is 589 g/mol. The van der Waals surface area contributed by atoms with E-state index in [2.05, 4.69) is 30.0 Å². The predicted molar refractivity (Wildman–Crippen MR) is 159 cm³/mol. The molecule has 0 bridgehead atoms. The lowest BCUT2D eigenvalue weighted by Crippen LogP contribution is -2.56. The number of nitrogens with zero attached hydrogens (tertiary/aromatic N) is 7. The average molecular weight is 590 g/mol. The number of halogens is 1. The molecule has 12 heteroatoms. The van der Waals surface area contributed by atoms with Gasteiger partial charge in [0.05, 0.1) is 30.1 Å². The van der Waals surface area contributed by atoms with E-state index in [0.717, 1.165) is 28.3 Å². The normalized spacial score (nSPS) is 19.0. The van der Waals surface area contributed by atoms with E-state index >= 15 is 0 Å². The molecule has 1 aromatic carbocycles. The van der Waals surface area contributed by atoms with E-state index in [1.165, 1.54) is 23.5 Å². The number of pyridine rings is 1. The summed E-state index contributed by atoms with van der Waals surface area (Å²) in [5.41, 5.74) is 4.51. The third-order valence-corrected chi connectivity index (χ3v) is 9.10. The maximum Gasteiger partial charge on any atom is 0.257 e. The van der Waals surface area contributed by atoms with Gasteiger partial charge in [0.25, 0.3) is 5.91 Å². The molecular formula is C30H32FN7O3S. The highest BCUT2D eigenvalue weighted by atomic mass is 32.1. The first-order chi connectivity index (χ1) is 20.2. The highest BCUT2D eigenvalue weighted by molar-refractivity contribution is 7.16. The van der Waals surface area contributed by atoms with Crippen molar-refractivity contribution in [3.05, 3.63) is 58.5 Å². The lowest BCUT2D eigenvalue weighted by molar-refractivity contribution is -0.151. The van der Waals surface area contributed by atoms with Gasteiger partial charge in [-0.1, -0.05) is 18.3 Å². The summed E-state index contributed by atoms with van der Waals surface area (Å²) in [6.07, 6.45) is 1.03. The van der Waals surface area contributed by atoms with Crippen molar-refractivity contribution in [2.45, 2.75) is 32.3 Å². The summed E-state index contributed by atoms with van der Waals surface area (Å²) in [6.45, 7) is 6.83. The molecular weight excluding hydrogens is 557 g/mol. The highest BCUT2D eigenvalue weighted by Gasteiger charge is 2.43. The molecule has 2 aliphatic heterocycles. The average Bonchev–Trinajstić information content (AvgIpc) is 3.74. The van der Waals surface area contributed by atoms with Gasteiger partial charge in [-0.05, 0) is 49.7 Å². The molecule has 218 valence electrons. The summed E-state index contributed by atoms with van der Waals surface area (Å²) in [4.78, 5) is 24.2. The summed E-state index contributed by atoms with van der Waals surface area (Å²) >= 11 is 1.29. The second-order valence-electron chi connectivity index (χ2n) is 10.8. The van der Waals surface area contributed by atoms with Gasteiger partial charge in [0, 0.05) is 56.6 Å². The number of thiazole rings is 1. The van der Waals surface area contributed by atoms with Crippen molar-refractivity contribution in [2.75, 3.05) is 56.2 Å². The number of rotatable bonds is 6. The molecule has 1 N–H and O–H groups in total. The van der Waals surface area contributed by atoms with Crippen molar-refractivity contribution >= 4 is 39.3 Å². The molecule has 2 fully saturated rings. The number of aryl methyl sites for hydroxylation is 2. The Morgan fingerprint density at radius 2 is 1.98 bits per heavy atom. The van der Waals surface area contributed by atoms with Crippen molar-refractivity contribution in [2.24, 2.45) is 0 Å². The number of fused-ring (bicyclic) bond motifs is 1. The number of hydrogen-bond acceptors (Lipinski definition) is 9. The van der Waals surface area contributed by atoms with Crippen LogP contribution in [0.5, 0.6) is 0 Å². The van der Waals surface area contributed by atoms with Gasteiger partial charge in [0.1, 0.15) is 22.5 Å². The molecule has 6 rings (SSSR count). The van der Waals surface area contributed by atoms with Crippen LogP contribution in [0.2, 0.25) is 0 Å². The van der Waals surface area contributed by atoms with Crippen molar-refractivity contribution in [3.63, 3.8) is 0 Å². The topological polar surface area (TPSA) is 110 Å². The van der Waals surface area contributed by atoms with Crippen molar-refractivity contribution in [3.8, 4) is 17.3 Å². The van der Waals surface area contributed by atoms with Crippen LogP contribution < -0.4 is 9.80 Å². The van der Waals surface area contributed by atoms with Gasteiger partial charge in [0.15, 0.2) is 10.7 Å². The van der Waals surface area contributed by atoms with Crippen LogP contribution in [0.3, 0.4) is 0 Å². The fourth-order valence-corrected chi connectivity index (χ4v) is 6.58. The standard InChI is InChI=1S/C30H32FN7O3S/c1-4-23-27(35(3)29-33-26(25(17-32)42-29)20-5-7-21(31)8-6-20)24-16-22(15-19(2)38(24)34-23)36-10-12-37(13-11-36)28(39)30(40)9-14-41-18-30/h5-8,15-16,40H,4,9-14,18H2,1-3H3. The quantitative estimate of drug-likeness (QED) is 0.361.